The molecule has 102 valence electrons. The van der Waals surface area contributed by atoms with Crippen LogP contribution in [0.25, 0.3) is 11.0 Å². The summed E-state index contributed by atoms with van der Waals surface area (Å²) in [5, 5.41) is 3.31. The second kappa shape index (κ2) is 5.26. The number of fused-ring (bicyclic) bond motifs is 1. The van der Waals surface area contributed by atoms with E-state index >= 15 is 0 Å². The summed E-state index contributed by atoms with van der Waals surface area (Å²) < 4.78 is 1.06. The van der Waals surface area contributed by atoms with E-state index in [4.69, 9.17) is 0 Å². The molecule has 0 aliphatic carbocycles. The molecule has 0 saturated heterocycles. The molecule has 1 heterocycles. The first kappa shape index (κ1) is 13.1. The first-order valence-electron chi connectivity index (χ1n) is 6.32. The second-order valence-corrected chi connectivity index (χ2v) is 5.57. The number of H-pyrrole nitrogens is 2. The molecule has 1 aromatic heterocycles. The number of aromatic nitrogens is 2. The number of hydrogen-bond donors (Lipinski definition) is 3. The summed E-state index contributed by atoms with van der Waals surface area (Å²) in [5.41, 5.74) is 3.75. The van der Waals surface area contributed by atoms with Crippen LogP contribution in [0, 0.1) is 0 Å². The highest BCUT2D eigenvalue weighted by atomic mass is 79.9. The molecule has 0 bridgehead atoms. The highest BCUT2D eigenvalue weighted by Crippen LogP contribution is 2.25. The summed E-state index contributed by atoms with van der Waals surface area (Å²) in [6, 6.07) is 14.2. The van der Waals surface area contributed by atoms with Gasteiger partial charge in [0.25, 0.3) is 0 Å². The maximum atomic E-state index is 11.3. The van der Waals surface area contributed by atoms with E-state index in [9.17, 15) is 4.79 Å². The molecule has 2 aromatic carbocycles. The molecule has 1 unspecified atom stereocenters. The van der Waals surface area contributed by atoms with Crippen LogP contribution in [0.2, 0.25) is 0 Å². The third-order valence-corrected chi connectivity index (χ3v) is 3.89. The van der Waals surface area contributed by atoms with Gasteiger partial charge in [-0.25, -0.2) is 4.79 Å². The largest absolute Gasteiger partial charge is 0.323 e. The lowest BCUT2D eigenvalue weighted by molar-refractivity contribution is 0.692. The van der Waals surface area contributed by atoms with Gasteiger partial charge < -0.3 is 15.3 Å². The van der Waals surface area contributed by atoms with Crippen LogP contribution in [-0.4, -0.2) is 17.0 Å². The normalized spacial score (nSPS) is 12.7. The van der Waals surface area contributed by atoms with Crippen molar-refractivity contribution in [3.8, 4) is 0 Å². The van der Waals surface area contributed by atoms with Crippen molar-refractivity contribution in [2.75, 3.05) is 7.05 Å². The Morgan fingerprint density at radius 3 is 2.35 bits per heavy atom. The molecule has 0 radical (unpaired) electrons. The third kappa shape index (κ3) is 2.42. The summed E-state index contributed by atoms with van der Waals surface area (Å²) in [4.78, 5) is 16.9. The number of halogens is 1. The molecule has 0 amide bonds. The van der Waals surface area contributed by atoms with Gasteiger partial charge in [-0.2, -0.15) is 0 Å². The van der Waals surface area contributed by atoms with Crippen LogP contribution in [0.3, 0.4) is 0 Å². The summed E-state index contributed by atoms with van der Waals surface area (Å²) in [5.74, 6) is 0. The molecule has 3 rings (SSSR count). The summed E-state index contributed by atoms with van der Waals surface area (Å²) in [7, 11) is 1.93. The van der Waals surface area contributed by atoms with Crippen molar-refractivity contribution in [2.24, 2.45) is 0 Å². The van der Waals surface area contributed by atoms with Gasteiger partial charge in [0.15, 0.2) is 0 Å². The average Bonchev–Trinajstić information content (AvgIpc) is 2.81. The Hall–Kier alpha value is -1.85. The van der Waals surface area contributed by atoms with Gasteiger partial charge in [0.05, 0.1) is 17.1 Å². The zero-order valence-corrected chi connectivity index (χ0v) is 12.5. The minimum Gasteiger partial charge on any atom is -0.309 e. The molecule has 0 saturated carbocycles. The average molecular weight is 332 g/mol. The van der Waals surface area contributed by atoms with Gasteiger partial charge >= 0.3 is 5.69 Å². The van der Waals surface area contributed by atoms with Crippen molar-refractivity contribution >= 4 is 27.0 Å². The Kier molecular flexibility index (Phi) is 3.46. The number of aromatic amines is 2. The highest BCUT2D eigenvalue weighted by molar-refractivity contribution is 9.10. The zero-order chi connectivity index (χ0) is 14.1. The predicted molar refractivity (Wildman–Crippen MR) is 84.0 cm³/mol. The van der Waals surface area contributed by atoms with E-state index in [0.717, 1.165) is 21.1 Å². The van der Waals surface area contributed by atoms with Crippen molar-refractivity contribution in [2.45, 2.75) is 6.04 Å². The minimum atomic E-state index is -0.179. The number of hydrogen-bond acceptors (Lipinski definition) is 2. The maximum Gasteiger partial charge on any atom is 0.323 e. The Bertz CT molecular complexity index is 789. The van der Waals surface area contributed by atoms with Gasteiger partial charge in [-0.15, -0.1) is 0 Å². The smallest absolute Gasteiger partial charge is 0.309 e. The summed E-state index contributed by atoms with van der Waals surface area (Å²) in [6.45, 7) is 0. The fourth-order valence-corrected chi connectivity index (χ4v) is 2.68. The molecule has 0 aliphatic rings. The monoisotopic (exact) mass is 331 g/mol. The molecular formula is C15H14BrN3O. The van der Waals surface area contributed by atoms with Crippen molar-refractivity contribution in [3.05, 3.63) is 68.5 Å². The van der Waals surface area contributed by atoms with Crippen LogP contribution in [0.1, 0.15) is 17.2 Å². The van der Waals surface area contributed by atoms with Crippen molar-refractivity contribution in [3.63, 3.8) is 0 Å². The van der Waals surface area contributed by atoms with Crippen molar-refractivity contribution < 1.29 is 0 Å². The fraction of sp³-hybridized carbons (Fsp3) is 0.133. The minimum absolute atomic E-state index is 0.0888. The summed E-state index contributed by atoms with van der Waals surface area (Å²) >= 11 is 3.44. The van der Waals surface area contributed by atoms with Crippen LogP contribution >= 0.6 is 15.9 Å². The molecule has 4 nitrogen and oxygen atoms in total. The maximum absolute atomic E-state index is 11.3. The molecule has 0 fully saturated rings. The van der Waals surface area contributed by atoms with Crippen molar-refractivity contribution in [1.29, 1.82) is 0 Å². The van der Waals surface area contributed by atoms with E-state index < -0.39 is 0 Å². The molecular weight excluding hydrogens is 318 g/mol. The summed E-state index contributed by atoms with van der Waals surface area (Å²) in [6.07, 6.45) is 0. The Balaban J connectivity index is 2.06. The van der Waals surface area contributed by atoms with Gasteiger partial charge in [0.2, 0.25) is 0 Å². The lowest BCUT2D eigenvalue weighted by Crippen LogP contribution is -2.17. The standard InChI is InChI=1S/C15H14BrN3O/c1-17-14(9-2-5-11(16)6-3-9)10-4-7-12-13(8-10)19-15(20)18-12/h2-8,14,17H,1H3,(H2,18,19,20). The van der Waals surface area contributed by atoms with Crippen LogP contribution in [-0.2, 0) is 0 Å². The molecule has 1 atom stereocenters. The topological polar surface area (TPSA) is 60.7 Å². The molecule has 3 aromatic rings. The molecule has 5 heteroatoms. The zero-order valence-electron chi connectivity index (χ0n) is 10.9. The van der Waals surface area contributed by atoms with E-state index in [1.165, 1.54) is 5.56 Å². The molecule has 20 heavy (non-hydrogen) atoms. The Morgan fingerprint density at radius 1 is 1.00 bits per heavy atom. The van der Waals surface area contributed by atoms with E-state index in [1.54, 1.807) is 0 Å². The lowest BCUT2D eigenvalue weighted by atomic mass is 9.98. The van der Waals surface area contributed by atoms with Gasteiger partial charge in [0, 0.05) is 4.47 Å². The first-order chi connectivity index (χ1) is 9.67. The fourth-order valence-electron chi connectivity index (χ4n) is 2.41. The van der Waals surface area contributed by atoms with E-state index in [1.807, 2.05) is 37.4 Å². The highest BCUT2D eigenvalue weighted by Gasteiger charge is 2.12. The van der Waals surface area contributed by atoms with E-state index in [0.29, 0.717) is 0 Å². The molecule has 0 spiro atoms. The predicted octanol–water partition coefficient (Wildman–Crippen LogP) is 2.93. The second-order valence-electron chi connectivity index (χ2n) is 4.66. The number of nitrogens with one attached hydrogen (secondary N) is 3. The van der Waals surface area contributed by atoms with Crippen LogP contribution in [0.4, 0.5) is 0 Å². The van der Waals surface area contributed by atoms with Gasteiger partial charge in [-0.1, -0.05) is 34.1 Å². The quantitative estimate of drug-likeness (QED) is 0.691. The van der Waals surface area contributed by atoms with E-state index in [-0.39, 0.29) is 11.7 Å². The number of benzene rings is 2. The van der Waals surface area contributed by atoms with E-state index in [2.05, 4.69) is 43.3 Å². The third-order valence-electron chi connectivity index (χ3n) is 3.37. The number of rotatable bonds is 3. The Labute approximate surface area is 124 Å². The molecule has 3 N–H and O–H groups in total. The SMILES string of the molecule is CNC(c1ccc(Br)cc1)c1ccc2[nH]c(=O)[nH]c2c1. The first-order valence-corrected chi connectivity index (χ1v) is 7.11. The molecule has 0 aliphatic heterocycles. The van der Waals surface area contributed by atoms with Gasteiger partial charge in [-0.3, -0.25) is 0 Å². The van der Waals surface area contributed by atoms with Gasteiger partial charge in [-0.05, 0) is 42.4 Å². The van der Waals surface area contributed by atoms with Crippen molar-refractivity contribution in [1.82, 2.24) is 15.3 Å². The number of imidazole rings is 1. The van der Waals surface area contributed by atoms with Crippen LogP contribution < -0.4 is 11.0 Å². The lowest BCUT2D eigenvalue weighted by Gasteiger charge is -2.17. The van der Waals surface area contributed by atoms with Gasteiger partial charge in [0.1, 0.15) is 0 Å². The Morgan fingerprint density at radius 2 is 1.65 bits per heavy atom. The van der Waals surface area contributed by atoms with Crippen LogP contribution in [0.5, 0.6) is 0 Å². The van der Waals surface area contributed by atoms with Crippen LogP contribution in [0.15, 0.2) is 51.7 Å².